The van der Waals surface area contributed by atoms with Crippen LogP contribution in [0.5, 0.6) is 0 Å². The van der Waals surface area contributed by atoms with Gasteiger partial charge in [-0.25, -0.2) is 5.01 Å². The van der Waals surface area contributed by atoms with E-state index in [0.717, 1.165) is 0 Å². The van der Waals surface area contributed by atoms with Gasteiger partial charge in [0, 0.05) is 12.3 Å². The Balaban J connectivity index is 0.000000461. The van der Waals surface area contributed by atoms with Crippen LogP contribution in [0, 0.1) is 0 Å². The van der Waals surface area contributed by atoms with E-state index in [1.807, 2.05) is 27.7 Å². The molecule has 0 N–H and O–H groups in total. The Morgan fingerprint density at radius 1 is 1.55 bits per heavy atom. The SMILES string of the molecule is CC.CC(C)N1N=CCC1=O. The standard InChI is InChI=1S/C6H10N2O.C2H6/c1-5(2)8-6(9)3-4-7-8;1-2/h4-5H,3H2,1-2H3;1-2H3. The maximum atomic E-state index is 10.8. The van der Waals surface area contributed by atoms with Crippen LogP contribution in [0.4, 0.5) is 0 Å². The zero-order chi connectivity index (χ0) is 8.85. The van der Waals surface area contributed by atoms with Crippen LogP contribution in [-0.4, -0.2) is 23.2 Å². The zero-order valence-electron chi connectivity index (χ0n) is 7.66. The van der Waals surface area contributed by atoms with Crippen LogP contribution in [0.3, 0.4) is 0 Å². The van der Waals surface area contributed by atoms with Gasteiger partial charge in [-0.2, -0.15) is 5.10 Å². The number of carbonyl (C=O) groups excluding carboxylic acids is 1. The molecule has 1 amide bonds. The normalized spacial score (nSPS) is 15.4. The monoisotopic (exact) mass is 156 g/mol. The Morgan fingerprint density at radius 2 is 2.09 bits per heavy atom. The number of hydrogen-bond donors (Lipinski definition) is 0. The van der Waals surface area contributed by atoms with Gasteiger partial charge < -0.3 is 0 Å². The Kier molecular flexibility index (Phi) is 4.50. The van der Waals surface area contributed by atoms with Crippen molar-refractivity contribution in [1.29, 1.82) is 0 Å². The topological polar surface area (TPSA) is 32.7 Å². The zero-order valence-corrected chi connectivity index (χ0v) is 7.66. The molecule has 0 spiro atoms. The molecule has 0 aromatic rings. The average Bonchev–Trinajstić information content (AvgIpc) is 2.39. The molecule has 0 radical (unpaired) electrons. The molecule has 11 heavy (non-hydrogen) atoms. The summed E-state index contributed by atoms with van der Waals surface area (Å²) in [7, 11) is 0. The first kappa shape index (κ1) is 10.1. The van der Waals surface area contributed by atoms with Crippen molar-refractivity contribution < 1.29 is 4.79 Å². The Morgan fingerprint density at radius 3 is 2.27 bits per heavy atom. The summed E-state index contributed by atoms with van der Waals surface area (Å²) in [6.45, 7) is 7.89. The number of hydrazone groups is 1. The summed E-state index contributed by atoms with van der Waals surface area (Å²) in [4.78, 5) is 10.8. The summed E-state index contributed by atoms with van der Waals surface area (Å²) in [5.74, 6) is 0.102. The van der Waals surface area contributed by atoms with Crippen LogP contribution in [0.25, 0.3) is 0 Å². The van der Waals surface area contributed by atoms with Crippen molar-refractivity contribution in [1.82, 2.24) is 5.01 Å². The quantitative estimate of drug-likeness (QED) is 0.568. The van der Waals surface area contributed by atoms with Gasteiger partial charge in [-0.1, -0.05) is 13.8 Å². The number of rotatable bonds is 1. The second kappa shape index (κ2) is 4.88. The second-order valence-corrected chi connectivity index (χ2v) is 2.33. The highest BCUT2D eigenvalue weighted by Gasteiger charge is 2.18. The first-order valence-corrected chi connectivity index (χ1v) is 4.06. The van der Waals surface area contributed by atoms with E-state index in [9.17, 15) is 4.79 Å². The van der Waals surface area contributed by atoms with Crippen molar-refractivity contribution in [2.24, 2.45) is 5.10 Å². The lowest BCUT2D eigenvalue weighted by Crippen LogP contribution is -2.27. The molecule has 0 aromatic heterocycles. The molecule has 0 fully saturated rings. The van der Waals surface area contributed by atoms with E-state index >= 15 is 0 Å². The molecular weight excluding hydrogens is 140 g/mol. The smallest absolute Gasteiger partial charge is 0.248 e. The van der Waals surface area contributed by atoms with Gasteiger partial charge in [-0.15, -0.1) is 0 Å². The van der Waals surface area contributed by atoms with Gasteiger partial charge >= 0.3 is 0 Å². The molecule has 1 heterocycles. The van der Waals surface area contributed by atoms with Crippen molar-refractivity contribution in [3.05, 3.63) is 0 Å². The van der Waals surface area contributed by atoms with E-state index in [2.05, 4.69) is 5.10 Å². The van der Waals surface area contributed by atoms with E-state index in [1.54, 1.807) is 6.21 Å². The van der Waals surface area contributed by atoms with Crippen LogP contribution in [0.2, 0.25) is 0 Å². The molecule has 3 heteroatoms. The van der Waals surface area contributed by atoms with E-state index in [0.29, 0.717) is 6.42 Å². The van der Waals surface area contributed by atoms with Gasteiger partial charge in [0.2, 0.25) is 5.91 Å². The third-order valence-corrected chi connectivity index (χ3v) is 1.22. The Bertz CT molecular complexity index is 152. The van der Waals surface area contributed by atoms with Crippen LogP contribution >= 0.6 is 0 Å². The van der Waals surface area contributed by atoms with Crippen molar-refractivity contribution >= 4 is 12.1 Å². The molecule has 1 aliphatic heterocycles. The van der Waals surface area contributed by atoms with Gasteiger partial charge in [0.1, 0.15) is 0 Å². The molecule has 0 saturated carbocycles. The molecule has 0 bridgehead atoms. The predicted molar refractivity (Wildman–Crippen MR) is 46.4 cm³/mol. The molecule has 0 aromatic carbocycles. The van der Waals surface area contributed by atoms with Crippen LogP contribution in [0.1, 0.15) is 34.1 Å². The summed E-state index contributed by atoms with van der Waals surface area (Å²) in [5, 5.41) is 5.38. The molecule has 0 unspecified atom stereocenters. The lowest BCUT2D eigenvalue weighted by molar-refractivity contribution is -0.130. The minimum atomic E-state index is 0.102. The lowest BCUT2D eigenvalue weighted by Gasteiger charge is -2.15. The maximum Gasteiger partial charge on any atom is 0.248 e. The van der Waals surface area contributed by atoms with Crippen molar-refractivity contribution in [3.63, 3.8) is 0 Å². The predicted octanol–water partition coefficient (Wildman–Crippen LogP) is 1.64. The lowest BCUT2D eigenvalue weighted by atomic mass is 10.3. The molecule has 64 valence electrons. The number of hydrogen-bond acceptors (Lipinski definition) is 2. The van der Waals surface area contributed by atoms with Crippen molar-refractivity contribution in [3.8, 4) is 0 Å². The third-order valence-electron chi connectivity index (χ3n) is 1.22. The minimum Gasteiger partial charge on any atom is -0.273 e. The van der Waals surface area contributed by atoms with Gasteiger partial charge in [-0.3, -0.25) is 4.79 Å². The van der Waals surface area contributed by atoms with Crippen LogP contribution in [0.15, 0.2) is 5.10 Å². The van der Waals surface area contributed by atoms with Crippen LogP contribution in [-0.2, 0) is 4.79 Å². The molecule has 0 saturated heterocycles. The van der Waals surface area contributed by atoms with E-state index < -0.39 is 0 Å². The highest BCUT2D eigenvalue weighted by molar-refractivity contribution is 5.93. The van der Waals surface area contributed by atoms with Gasteiger partial charge in [0.05, 0.1) is 6.42 Å². The summed E-state index contributed by atoms with van der Waals surface area (Å²) in [6.07, 6.45) is 2.11. The van der Waals surface area contributed by atoms with Gasteiger partial charge in [0.25, 0.3) is 0 Å². The van der Waals surface area contributed by atoms with E-state index in [4.69, 9.17) is 0 Å². The summed E-state index contributed by atoms with van der Waals surface area (Å²) in [6, 6.07) is 0.205. The minimum absolute atomic E-state index is 0.102. The highest BCUT2D eigenvalue weighted by atomic mass is 16.2. The second-order valence-electron chi connectivity index (χ2n) is 2.33. The largest absolute Gasteiger partial charge is 0.273 e. The first-order chi connectivity index (χ1) is 5.22. The van der Waals surface area contributed by atoms with E-state index in [1.165, 1.54) is 5.01 Å². The third kappa shape index (κ3) is 2.70. The molecule has 0 atom stereocenters. The highest BCUT2D eigenvalue weighted by Crippen LogP contribution is 2.06. The fourth-order valence-corrected chi connectivity index (χ4v) is 0.786. The molecule has 1 rings (SSSR count). The van der Waals surface area contributed by atoms with Crippen molar-refractivity contribution in [2.45, 2.75) is 40.2 Å². The Hall–Kier alpha value is -0.860. The van der Waals surface area contributed by atoms with Crippen LogP contribution < -0.4 is 0 Å². The average molecular weight is 156 g/mol. The Labute approximate surface area is 68.1 Å². The summed E-state index contributed by atoms with van der Waals surface area (Å²) < 4.78 is 0. The number of carbonyl (C=O) groups is 1. The molecule has 1 aliphatic rings. The molecular formula is C8H16N2O. The molecule has 3 nitrogen and oxygen atoms in total. The van der Waals surface area contributed by atoms with Crippen molar-refractivity contribution in [2.75, 3.05) is 0 Å². The van der Waals surface area contributed by atoms with Gasteiger partial charge in [-0.05, 0) is 13.8 Å². The maximum absolute atomic E-state index is 10.8. The summed E-state index contributed by atoms with van der Waals surface area (Å²) in [5.41, 5.74) is 0. The number of nitrogens with zero attached hydrogens (tertiary/aromatic N) is 2. The molecule has 0 aliphatic carbocycles. The van der Waals surface area contributed by atoms with Gasteiger partial charge in [0.15, 0.2) is 0 Å². The summed E-state index contributed by atoms with van der Waals surface area (Å²) >= 11 is 0. The fraction of sp³-hybridized carbons (Fsp3) is 0.750. The first-order valence-electron chi connectivity index (χ1n) is 4.06. The van der Waals surface area contributed by atoms with E-state index in [-0.39, 0.29) is 11.9 Å². The number of amides is 1. The fourth-order valence-electron chi connectivity index (χ4n) is 0.786.